The van der Waals surface area contributed by atoms with E-state index in [1.54, 1.807) is 24.3 Å². The first kappa shape index (κ1) is 14.6. The van der Waals surface area contributed by atoms with Gasteiger partial charge in [0.25, 0.3) is 0 Å². The standard InChI is InChI=1S/C16H15BrO3/c1-3-19-15-7-5-4-6-13(15)16(18)20-14-9-8-12(17)10-11(14)2/h4-10H,3H2,1-2H3. The number of benzene rings is 2. The van der Waals surface area contributed by atoms with E-state index in [1.807, 2.05) is 32.0 Å². The zero-order chi connectivity index (χ0) is 14.5. The van der Waals surface area contributed by atoms with Crippen LogP contribution in [0.1, 0.15) is 22.8 Å². The lowest BCUT2D eigenvalue weighted by molar-refractivity contribution is 0.0729. The van der Waals surface area contributed by atoms with Gasteiger partial charge in [-0.2, -0.15) is 0 Å². The Kier molecular flexibility index (Phi) is 4.79. The van der Waals surface area contributed by atoms with Crippen molar-refractivity contribution in [1.82, 2.24) is 0 Å². The molecule has 0 fully saturated rings. The predicted octanol–water partition coefficient (Wildman–Crippen LogP) is 4.38. The third kappa shape index (κ3) is 3.39. The normalized spacial score (nSPS) is 10.2. The number of ether oxygens (including phenoxy) is 2. The number of para-hydroxylation sites is 1. The lowest BCUT2D eigenvalue weighted by atomic mass is 10.2. The molecule has 0 N–H and O–H groups in total. The van der Waals surface area contributed by atoms with Crippen LogP contribution in [-0.4, -0.2) is 12.6 Å². The molecule has 0 aliphatic heterocycles. The van der Waals surface area contributed by atoms with E-state index in [2.05, 4.69) is 15.9 Å². The van der Waals surface area contributed by atoms with Crippen molar-refractivity contribution < 1.29 is 14.3 Å². The highest BCUT2D eigenvalue weighted by molar-refractivity contribution is 9.10. The molecule has 0 spiro atoms. The Hall–Kier alpha value is -1.81. The molecule has 0 saturated carbocycles. The summed E-state index contributed by atoms with van der Waals surface area (Å²) < 4.78 is 11.8. The number of hydrogen-bond acceptors (Lipinski definition) is 3. The minimum atomic E-state index is -0.417. The highest BCUT2D eigenvalue weighted by atomic mass is 79.9. The first-order valence-corrected chi connectivity index (χ1v) is 7.11. The van der Waals surface area contributed by atoms with Gasteiger partial charge in [-0.1, -0.05) is 28.1 Å². The fourth-order valence-corrected chi connectivity index (χ4v) is 2.27. The molecule has 0 aliphatic rings. The second kappa shape index (κ2) is 6.57. The first-order valence-electron chi connectivity index (χ1n) is 6.32. The fraction of sp³-hybridized carbons (Fsp3) is 0.188. The minimum Gasteiger partial charge on any atom is -0.493 e. The van der Waals surface area contributed by atoms with Gasteiger partial charge in [0.15, 0.2) is 0 Å². The molecule has 0 saturated heterocycles. The van der Waals surface area contributed by atoms with Gasteiger partial charge in [0.2, 0.25) is 0 Å². The van der Waals surface area contributed by atoms with Gasteiger partial charge < -0.3 is 9.47 Å². The van der Waals surface area contributed by atoms with Gasteiger partial charge in [0, 0.05) is 4.47 Å². The number of halogens is 1. The number of hydrogen-bond donors (Lipinski definition) is 0. The molecule has 20 heavy (non-hydrogen) atoms. The van der Waals surface area contributed by atoms with Crippen LogP contribution in [0.25, 0.3) is 0 Å². The van der Waals surface area contributed by atoms with Gasteiger partial charge in [-0.3, -0.25) is 0 Å². The van der Waals surface area contributed by atoms with Crippen molar-refractivity contribution in [2.45, 2.75) is 13.8 Å². The smallest absolute Gasteiger partial charge is 0.347 e. The number of rotatable bonds is 4. The maximum atomic E-state index is 12.2. The Bertz CT molecular complexity index is 623. The third-order valence-electron chi connectivity index (χ3n) is 2.75. The molecule has 2 aromatic rings. The molecule has 0 bridgehead atoms. The summed E-state index contributed by atoms with van der Waals surface area (Å²) in [6.07, 6.45) is 0. The van der Waals surface area contributed by atoms with E-state index in [0.717, 1.165) is 10.0 Å². The van der Waals surface area contributed by atoms with Crippen molar-refractivity contribution in [3.63, 3.8) is 0 Å². The summed E-state index contributed by atoms with van der Waals surface area (Å²) in [7, 11) is 0. The molecule has 0 aliphatic carbocycles. The summed E-state index contributed by atoms with van der Waals surface area (Å²) in [5, 5.41) is 0. The molecule has 3 nitrogen and oxygen atoms in total. The predicted molar refractivity (Wildman–Crippen MR) is 81.4 cm³/mol. The average Bonchev–Trinajstić information content (AvgIpc) is 2.43. The second-order valence-corrected chi connectivity index (χ2v) is 5.14. The number of carbonyl (C=O) groups is 1. The van der Waals surface area contributed by atoms with Crippen LogP contribution < -0.4 is 9.47 Å². The molecular formula is C16H15BrO3. The first-order chi connectivity index (χ1) is 9.61. The molecular weight excluding hydrogens is 320 g/mol. The van der Waals surface area contributed by atoms with E-state index in [1.165, 1.54) is 0 Å². The van der Waals surface area contributed by atoms with Crippen LogP contribution in [0, 0.1) is 6.92 Å². The molecule has 0 unspecified atom stereocenters. The average molecular weight is 335 g/mol. The van der Waals surface area contributed by atoms with Crippen LogP contribution in [-0.2, 0) is 0 Å². The van der Waals surface area contributed by atoms with E-state index < -0.39 is 5.97 Å². The van der Waals surface area contributed by atoms with Gasteiger partial charge >= 0.3 is 5.97 Å². The minimum absolute atomic E-state index is 0.417. The van der Waals surface area contributed by atoms with Gasteiger partial charge in [-0.25, -0.2) is 4.79 Å². The molecule has 2 aromatic carbocycles. The summed E-state index contributed by atoms with van der Waals surface area (Å²) in [5.41, 5.74) is 1.32. The molecule has 0 radical (unpaired) electrons. The molecule has 0 amide bonds. The van der Waals surface area contributed by atoms with Crippen molar-refractivity contribution in [2.75, 3.05) is 6.61 Å². The van der Waals surface area contributed by atoms with Crippen LogP contribution >= 0.6 is 15.9 Å². The summed E-state index contributed by atoms with van der Waals surface area (Å²) >= 11 is 3.38. The van der Waals surface area contributed by atoms with Crippen molar-refractivity contribution >= 4 is 21.9 Å². The van der Waals surface area contributed by atoms with Gasteiger partial charge in [0.1, 0.15) is 17.1 Å². The number of carbonyl (C=O) groups excluding carboxylic acids is 1. The van der Waals surface area contributed by atoms with Gasteiger partial charge in [-0.05, 0) is 49.7 Å². The summed E-state index contributed by atoms with van der Waals surface area (Å²) in [4.78, 5) is 12.2. The van der Waals surface area contributed by atoms with Crippen molar-refractivity contribution in [1.29, 1.82) is 0 Å². The van der Waals surface area contributed by atoms with Crippen LogP contribution in [0.2, 0.25) is 0 Å². The zero-order valence-corrected chi connectivity index (χ0v) is 12.9. The molecule has 4 heteroatoms. The molecule has 2 rings (SSSR count). The summed E-state index contributed by atoms with van der Waals surface area (Å²) in [6, 6.07) is 12.6. The Labute approximate surface area is 126 Å². The molecule has 0 aromatic heterocycles. The lowest BCUT2D eigenvalue weighted by Gasteiger charge is -2.11. The topological polar surface area (TPSA) is 35.5 Å². The summed E-state index contributed by atoms with van der Waals surface area (Å²) in [6.45, 7) is 4.27. The van der Waals surface area contributed by atoms with Crippen molar-refractivity contribution in [3.8, 4) is 11.5 Å². The Morgan fingerprint density at radius 1 is 1.15 bits per heavy atom. The van der Waals surface area contributed by atoms with Crippen molar-refractivity contribution in [2.24, 2.45) is 0 Å². The van der Waals surface area contributed by atoms with Gasteiger partial charge in [-0.15, -0.1) is 0 Å². The number of aryl methyl sites for hydroxylation is 1. The van der Waals surface area contributed by atoms with E-state index in [4.69, 9.17) is 9.47 Å². The van der Waals surface area contributed by atoms with E-state index in [-0.39, 0.29) is 0 Å². The lowest BCUT2D eigenvalue weighted by Crippen LogP contribution is -2.11. The van der Waals surface area contributed by atoms with Gasteiger partial charge in [0.05, 0.1) is 6.61 Å². The van der Waals surface area contributed by atoms with E-state index in [0.29, 0.717) is 23.7 Å². The van der Waals surface area contributed by atoms with Crippen LogP contribution in [0.4, 0.5) is 0 Å². The third-order valence-corrected chi connectivity index (χ3v) is 3.24. The quantitative estimate of drug-likeness (QED) is 0.615. The Balaban J connectivity index is 2.24. The highest BCUT2D eigenvalue weighted by Gasteiger charge is 2.15. The van der Waals surface area contributed by atoms with E-state index >= 15 is 0 Å². The highest BCUT2D eigenvalue weighted by Crippen LogP contribution is 2.25. The monoisotopic (exact) mass is 334 g/mol. The molecule has 104 valence electrons. The fourth-order valence-electron chi connectivity index (χ4n) is 1.80. The Morgan fingerprint density at radius 3 is 2.60 bits per heavy atom. The van der Waals surface area contributed by atoms with Crippen LogP contribution in [0.3, 0.4) is 0 Å². The second-order valence-electron chi connectivity index (χ2n) is 4.23. The molecule has 0 atom stereocenters. The number of esters is 1. The van der Waals surface area contributed by atoms with Crippen molar-refractivity contribution in [3.05, 3.63) is 58.1 Å². The van der Waals surface area contributed by atoms with E-state index in [9.17, 15) is 4.79 Å². The maximum Gasteiger partial charge on any atom is 0.347 e. The van der Waals surface area contributed by atoms with Crippen LogP contribution in [0.5, 0.6) is 11.5 Å². The SMILES string of the molecule is CCOc1ccccc1C(=O)Oc1ccc(Br)cc1C. The molecule has 0 heterocycles. The van der Waals surface area contributed by atoms with Crippen LogP contribution in [0.15, 0.2) is 46.9 Å². The Morgan fingerprint density at radius 2 is 1.90 bits per heavy atom. The summed E-state index contributed by atoms with van der Waals surface area (Å²) in [5.74, 6) is 0.665. The largest absolute Gasteiger partial charge is 0.493 e. The zero-order valence-electron chi connectivity index (χ0n) is 11.4. The maximum absolute atomic E-state index is 12.2.